The van der Waals surface area contributed by atoms with Crippen LogP contribution in [0.25, 0.3) is 0 Å². The zero-order chi connectivity index (χ0) is 23.5. The zero-order valence-electron chi connectivity index (χ0n) is 18.8. The number of carbonyl (C=O) groups is 3. The smallest absolute Gasteiger partial charge is 0.289 e. The minimum atomic E-state index is -0.500. The van der Waals surface area contributed by atoms with E-state index in [1.165, 1.54) is 11.3 Å². The average molecular weight is 475 g/mol. The van der Waals surface area contributed by atoms with Crippen molar-refractivity contribution in [2.24, 2.45) is 0 Å². The van der Waals surface area contributed by atoms with Crippen LogP contribution >= 0.6 is 11.3 Å². The maximum absolute atomic E-state index is 12.3. The first-order chi connectivity index (χ1) is 16.1. The number of nitrogens with zero attached hydrogens (tertiary/aromatic N) is 2. The largest absolute Gasteiger partial charge is 0.494 e. The lowest BCUT2D eigenvalue weighted by Gasteiger charge is -2.25. The summed E-state index contributed by atoms with van der Waals surface area (Å²) in [4.78, 5) is 43.0. The quantitative estimate of drug-likeness (QED) is 0.293. The molecule has 1 aliphatic heterocycles. The Morgan fingerprint density at radius 2 is 1.85 bits per heavy atom. The van der Waals surface area contributed by atoms with Crippen molar-refractivity contribution in [2.75, 3.05) is 37.8 Å². The summed E-state index contributed by atoms with van der Waals surface area (Å²) in [6.45, 7) is 5.52. The first-order valence-electron chi connectivity index (χ1n) is 11.2. The van der Waals surface area contributed by atoms with E-state index in [4.69, 9.17) is 9.47 Å². The fourth-order valence-electron chi connectivity index (χ4n) is 3.17. The van der Waals surface area contributed by atoms with Crippen LogP contribution in [0.3, 0.4) is 0 Å². The van der Waals surface area contributed by atoms with Gasteiger partial charge in [-0.15, -0.1) is 11.3 Å². The van der Waals surface area contributed by atoms with Gasteiger partial charge in [0.25, 0.3) is 5.91 Å². The number of carbonyl (C=O) groups excluding carboxylic acids is 3. The molecule has 0 bridgehead atoms. The molecule has 0 aliphatic carbocycles. The molecular weight excluding hydrogens is 444 g/mol. The van der Waals surface area contributed by atoms with Crippen LogP contribution in [0.1, 0.15) is 59.9 Å². The van der Waals surface area contributed by atoms with Gasteiger partial charge >= 0.3 is 0 Å². The lowest BCUT2D eigenvalue weighted by atomic mass is 10.1. The van der Waals surface area contributed by atoms with E-state index < -0.39 is 11.8 Å². The van der Waals surface area contributed by atoms with Gasteiger partial charge in [-0.25, -0.2) is 4.98 Å². The molecule has 178 valence electrons. The number of amides is 2. The van der Waals surface area contributed by atoms with E-state index in [-0.39, 0.29) is 24.3 Å². The number of hydrogen-bond acceptors (Lipinski definition) is 8. The number of ketones is 1. The molecule has 0 spiro atoms. The molecule has 1 aromatic heterocycles. The minimum Gasteiger partial charge on any atom is -0.494 e. The number of hydrazine groups is 1. The fourth-order valence-corrected chi connectivity index (χ4v) is 4.03. The molecular formula is C23H30N4O5S. The highest BCUT2D eigenvalue weighted by atomic mass is 32.1. The molecule has 1 aromatic carbocycles. The molecule has 0 unspecified atom stereocenters. The van der Waals surface area contributed by atoms with Crippen LogP contribution in [-0.4, -0.2) is 55.5 Å². The van der Waals surface area contributed by atoms with Crippen molar-refractivity contribution < 1.29 is 23.9 Å². The number of anilines is 1. The van der Waals surface area contributed by atoms with E-state index in [9.17, 15) is 14.4 Å². The van der Waals surface area contributed by atoms with Gasteiger partial charge in [-0.05, 0) is 30.7 Å². The predicted molar refractivity (Wildman–Crippen MR) is 126 cm³/mol. The Hall–Kier alpha value is -2.98. The van der Waals surface area contributed by atoms with E-state index >= 15 is 0 Å². The van der Waals surface area contributed by atoms with Crippen molar-refractivity contribution in [1.29, 1.82) is 0 Å². The van der Waals surface area contributed by atoms with Crippen molar-refractivity contribution in [2.45, 2.75) is 39.0 Å². The second-order valence-electron chi connectivity index (χ2n) is 7.62. The number of nitrogens with one attached hydrogen (secondary N) is 2. The number of aromatic nitrogens is 1. The van der Waals surface area contributed by atoms with E-state index in [0.717, 1.165) is 43.2 Å². The van der Waals surface area contributed by atoms with Gasteiger partial charge in [0.1, 0.15) is 11.4 Å². The molecule has 2 N–H and O–H groups in total. The van der Waals surface area contributed by atoms with Crippen molar-refractivity contribution in [3.63, 3.8) is 0 Å². The van der Waals surface area contributed by atoms with Crippen molar-refractivity contribution >= 4 is 34.1 Å². The summed E-state index contributed by atoms with van der Waals surface area (Å²) in [6, 6.07) is 6.92. The maximum atomic E-state index is 12.3. The molecule has 2 heterocycles. The summed E-state index contributed by atoms with van der Waals surface area (Å²) in [6.07, 6.45) is 3.26. The van der Waals surface area contributed by atoms with Crippen molar-refractivity contribution in [3.05, 3.63) is 40.9 Å². The normalized spacial score (nSPS) is 13.4. The van der Waals surface area contributed by atoms with E-state index in [2.05, 4.69) is 27.7 Å². The van der Waals surface area contributed by atoms with Gasteiger partial charge in [-0.1, -0.05) is 19.8 Å². The summed E-state index contributed by atoms with van der Waals surface area (Å²) < 4.78 is 11.0. The molecule has 9 nitrogen and oxygen atoms in total. The summed E-state index contributed by atoms with van der Waals surface area (Å²) in [5, 5.41) is 2.39. The van der Waals surface area contributed by atoms with Gasteiger partial charge in [0.15, 0.2) is 10.9 Å². The predicted octanol–water partition coefficient (Wildman–Crippen LogP) is 2.97. The average Bonchev–Trinajstić information content (AvgIpc) is 3.35. The molecule has 2 aromatic rings. The van der Waals surface area contributed by atoms with E-state index in [1.54, 1.807) is 29.6 Å². The van der Waals surface area contributed by atoms with Gasteiger partial charge in [0.05, 0.1) is 19.8 Å². The Labute approximate surface area is 197 Å². The van der Waals surface area contributed by atoms with Gasteiger partial charge in [0, 0.05) is 36.9 Å². The highest BCUT2D eigenvalue weighted by molar-refractivity contribution is 7.13. The lowest BCUT2D eigenvalue weighted by molar-refractivity contribution is -0.121. The van der Waals surface area contributed by atoms with Crippen LogP contribution in [0.2, 0.25) is 0 Å². The van der Waals surface area contributed by atoms with Crippen LogP contribution in [0.5, 0.6) is 5.75 Å². The molecule has 3 rings (SSSR count). The summed E-state index contributed by atoms with van der Waals surface area (Å²) in [7, 11) is 0. The topological polar surface area (TPSA) is 110 Å². The van der Waals surface area contributed by atoms with E-state index in [1.807, 2.05) is 0 Å². The number of thiazole rings is 1. The Morgan fingerprint density at radius 1 is 1.09 bits per heavy atom. The number of hydrogen-bond donors (Lipinski definition) is 2. The third-order valence-corrected chi connectivity index (χ3v) is 6.00. The zero-order valence-corrected chi connectivity index (χ0v) is 19.6. The molecule has 2 amide bonds. The number of unbranched alkanes of at least 4 members (excludes halogenated alkanes) is 2. The van der Waals surface area contributed by atoms with Gasteiger partial charge < -0.3 is 14.4 Å². The fraction of sp³-hybridized carbons (Fsp3) is 0.478. The summed E-state index contributed by atoms with van der Waals surface area (Å²) >= 11 is 1.37. The van der Waals surface area contributed by atoms with Gasteiger partial charge in [-0.3, -0.25) is 25.2 Å². The van der Waals surface area contributed by atoms with E-state index in [0.29, 0.717) is 25.4 Å². The Kier molecular flexibility index (Phi) is 9.64. The van der Waals surface area contributed by atoms with Crippen LogP contribution in [-0.2, 0) is 9.53 Å². The highest BCUT2D eigenvalue weighted by Gasteiger charge is 2.18. The number of Topliss-reactive ketones (excluding diaryl/α,β-unsaturated/α-hetero) is 1. The maximum Gasteiger partial charge on any atom is 0.289 e. The molecule has 1 saturated heterocycles. The number of rotatable bonds is 11. The van der Waals surface area contributed by atoms with Crippen molar-refractivity contribution in [3.8, 4) is 5.75 Å². The third-order valence-electron chi connectivity index (χ3n) is 5.09. The highest BCUT2D eigenvalue weighted by Crippen LogP contribution is 2.21. The standard InChI is InChI=1S/C23H30N4O5S/c1-2-3-4-13-32-18-7-5-17(6-8-18)20(28)9-10-21(29)25-26-22(30)19-16-33-23(24-19)27-11-14-31-15-12-27/h5-8,16H,2-4,9-15H2,1H3,(H,25,29)(H,26,30). The first-order valence-corrected chi connectivity index (χ1v) is 12.1. The first kappa shape index (κ1) is 24.7. The van der Waals surface area contributed by atoms with Gasteiger partial charge in [-0.2, -0.15) is 0 Å². The molecule has 0 atom stereocenters. The Balaban J connectivity index is 1.37. The van der Waals surface area contributed by atoms with Gasteiger partial charge in [0.2, 0.25) is 5.91 Å². The van der Waals surface area contributed by atoms with Crippen LogP contribution in [0.15, 0.2) is 29.6 Å². The molecule has 0 saturated carbocycles. The second-order valence-corrected chi connectivity index (χ2v) is 8.46. The summed E-state index contributed by atoms with van der Waals surface area (Å²) in [5.74, 6) is -0.373. The second kappa shape index (κ2) is 12.9. The molecule has 1 fully saturated rings. The van der Waals surface area contributed by atoms with Crippen LogP contribution in [0, 0.1) is 0 Å². The van der Waals surface area contributed by atoms with Crippen LogP contribution in [0.4, 0.5) is 5.13 Å². The number of morpholine rings is 1. The SMILES string of the molecule is CCCCCOc1ccc(C(=O)CCC(=O)NNC(=O)c2csc(N3CCOCC3)n2)cc1. The summed E-state index contributed by atoms with van der Waals surface area (Å²) in [5.41, 5.74) is 5.44. The molecule has 10 heteroatoms. The monoisotopic (exact) mass is 474 g/mol. The lowest BCUT2D eigenvalue weighted by Crippen LogP contribution is -2.42. The molecule has 0 radical (unpaired) electrons. The molecule has 1 aliphatic rings. The molecule has 33 heavy (non-hydrogen) atoms. The van der Waals surface area contributed by atoms with Crippen molar-refractivity contribution in [1.82, 2.24) is 15.8 Å². The van der Waals surface area contributed by atoms with Crippen LogP contribution < -0.4 is 20.5 Å². The minimum absolute atomic E-state index is 0.0372. The Morgan fingerprint density at radius 3 is 2.58 bits per heavy atom. The number of benzene rings is 1. The Bertz CT molecular complexity index is 925. The number of ether oxygens (including phenoxy) is 2. The third kappa shape index (κ3) is 7.83.